The fraction of sp³-hybridized carbons (Fsp3) is 0.250. The van der Waals surface area contributed by atoms with Crippen LogP contribution in [0.4, 0.5) is 14.9 Å². The van der Waals surface area contributed by atoms with Gasteiger partial charge in [0.1, 0.15) is 28.8 Å². The van der Waals surface area contributed by atoms with E-state index < -0.39 is 24.1 Å². The summed E-state index contributed by atoms with van der Waals surface area (Å²) in [6.45, 7) is 3.23. The van der Waals surface area contributed by atoms with Gasteiger partial charge in [-0.05, 0) is 32.0 Å². The van der Waals surface area contributed by atoms with Crippen molar-refractivity contribution in [3.05, 3.63) is 65.6 Å². The van der Waals surface area contributed by atoms with Crippen molar-refractivity contribution in [2.24, 2.45) is 0 Å². The van der Waals surface area contributed by atoms with Crippen LogP contribution in [-0.4, -0.2) is 57.1 Å². The summed E-state index contributed by atoms with van der Waals surface area (Å²) in [5, 5.41) is 13.4. The molecule has 0 bridgehead atoms. The molecule has 0 aliphatic carbocycles. The molecule has 13 heteroatoms. The van der Waals surface area contributed by atoms with Gasteiger partial charge in [-0.25, -0.2) is 24.1 Å². The zero-order valence-electron chi connectivity index (χ0n) is 22.2. The largest absolute Gasteiger partial charge is 0.495 e. The molecular formula is C28H25ClFN5O5S. The van der Waals surface area contributed by atoms with Crippen LogP contribution in [-0.2, 0) is 11.2 Å². The highest BCUT2D eigenvalue weighted by Gasteiger charge is 2.22. The number of aliphatic hydroxyl groups is 1. The van der Waals surface area contributed by atoms with Crippen LogP contribution in [0.25, 0.3) is 31.7 Å². The number of aromatic nitrogens is 4. The molecule has 0 aliphatic rings. The number of nitrogens with zero attached hydrogens (tertiary/aromatic N) is 4. The Morgan fingerprint density at radius 2 is 1.88 bits per heavy atom. The summed E-state index contributed by atoms with van der Waals surface area (Å²) in [6, 6.07) is 8.28. The van der Waals surface area contributed by atoms with Crippen LogP contribution < -0.4 is 14.8 Å². The minimum absolute atomic E-state index is 0.00254. The molecule has 3 heterocycles. The van der Waals surface area contributed by atoms with Crippen LogP contribution in [0.5, 0.6) is 11.5 Å². The number of pyridine rings is 1. The Morgan fingerprint density at radius 1 is 1.10 bits per heavy atom. The van der Waals surface area contributed by atoms with E-state index in [-0.39, 0.29) is 12.4 Å². The number of ether oxygens (including phenoxy) is 3. The molecule has 0 aliphatic heterocycles. The maximum Gasteiger partial charge on any atom is 0.412 e. The van der Waals surface area contributed by atoms with Crippen molar-refractivity contribution in [1.82, 2.24) is 19.9 Å². The van der Waals surface area contributed by atoms with E-state index in [9.17, 15) is 4.79 Å². The number of nitrogens with one attached hydrogen (secondary N) is 1. The van der Waals surface area contributed by atoms with Gasteiger partial charge < -0.3 is 19.3 Å². The van der Waals surface area contributed by atoms with Crippen molar-refractivity contribution >= 4 is 55.8 Å². The Hall–Kier alpha value is -4.13. The summed E-state index contributed by atoms with van der Waals surface area (Å²) in [5.74, 6) is 0.456. The number of anilines is 1. The van der Waals surface area contributed by atoms with Crippen molar-refractivity contribution in [1.29, 1.82) is 0 Å². The second kappa shape index (κ2) is 12.2. The second-order valence-electron chi connectivity index (χ2n) is 9.09. The number of methoxy groups -OCH3 is 1. The van der Waals surface area contributed by atoms with Crippen molar-refractivity contribution < 1.29 is 28.5 Å². The van der Waals surface area contributed by atoms with E-state index in [4.69, 9.17) is 30.9 Å². The molecular weight excluding hydrogens is 573 g/mol. The first-order valence-electron chi connectivity index (χ1n) is 12.5. The van der Waals surface area contributed by atoms with E-state index in [2.05, 4.69) is 25.3 Å². The van der Waals surface area contributed by atoms with Crippen LogP contribution >= 0.6 is 22.9 Å². The third kappa shape index (κ3) is 6.45. The van der Waals surface area contributed by atoms with E-state index in [1.54, 1.807) is 45.4 Å². The summed E-state index contributed by atoms with van der Waals surface area (Å²) in [7, 11) is 1.56. The van der Waals surface area contributed by atoms with Gasteiger partial charge in [0.15, 0.2) is 11.6 Å². The molecule has 0 unspecified atom stereocenters. The molecule has 0 saturated carbocycles. The second-order valence-corrected chi connectivity index (χ2v) is 10.6. The molecule has 10 nitrogen and oxygen atoms in total. The van der Waals surface area contributed by atoms with E-state index in [1.165, 1.54) is 29.8 Å². The van der Waals surface area contributed by atoms with Crippen LogP contribution in [0.2, 0.25) is 5.02 Å². The van der Waals surface area contributed by atoms with Gasteiger partial charge in [0, 0.05) is 34.5 Å². The standard InChI is InChI=1S/C28H25ClFN5O5S/c1-14(15(2)40-28(37)34-18-11-31-25(4-5-36)32-12-18)39-23-10-24-22(9-21(23)30)35-27(41-24)20-8-17(29)6-16-7-19(38-3)13-33-26(16)20/h6-15,36H,4-5H2,1-3H3,(H,34,37)/t14-,15+/m0/s1. The Balaban J connectivity index is 1.30. The van der Waals surface area contributed by atoms with E-state index >= 15 is 4.39 Å². The molecule has 41 heavy (non-hydrogen) atoms. The Kier molecular flexibility index (Phi) is 8.43. The highest BCUT2D eigenvalue weighted by Crippen LogP contribution is 2.38. The maximum atomic E-state index is 15.0. The minimum atomic E-state index is -0.741. The number of aliphatic hydroxyl groups excluding tert-OH is 1. The molecule has 0 spiro atoms. The van der Waals surface area contributed by atoms with Gasteiger partial charge in [0.2, 0.25) is 0 Å². The highest BCUT2D eigenvalue weighted by atomic mass is 35.5. The highest BCUT2D eigenvalue weighted by molar-refractivity contribution is 7.21. The molecule has 212 valence electrons. The van der Waals surface area contributed by atoms with Crippen molar-refractivity contribution in [3.8, 4) is 22.1 Å². The monoisotopic (exact) mass is 597 g/mol. The topological polar surface area (TPSA) is 129 Å². The molecule has 0 fully saturated rings. The number of benzene rings is 2. The molecule has 0 radical (unpaired) electrons. The van der Waals surface area contributed by atoms with Gasteiger partial charge in [-0.2, -0.15) is 0 Å². The molecule has 0 saturated heterocycles. The van der Waals surface area contributed by atoms with Gasteiger partial charge in [0.05, 0.1) is 53.7 Å². The lowest BCUT2D eigenvalue weighted by atomic mass is 10.1. The first-order valence-corrected chi connectivity index (χ1v) is 13.7. The number of carbonyl (C=O) groups excluding carboxylic acids is 1. The molecule has 2 atom stereocenters. The summed E-state index contributed by atoms with van der Waals surface area (Å²) < 4.78 is 32.2. The van der Waals surface area contributed by atoms with Crippen LogP contribution in [0.15, 0.2) is 48.9 Å². The minimum Gasteiger partial charge on any atom is -0.495 e. The zero-order valence-corrected chi connectivity index (χ0v) is 23.8. The summed E-state index contributed by atoms with van der Waals surface area (Å²) in [4.78, 5) is 29.6. The van der Waals surface area contributed by atoms with E-state index in [0.29, 0.717) is 55.0 Å². The first-order chi connectivity index (χ1) is 19.7. The smallest absolute Gasteiger partial charge is 0.412 e. The molecule has 1 amide bonds. The lowest BCUT2D eigenvalue weighted by Gasteiger charge is -2.22. The Bertz CT molecular complexity index is 1720. The quantitative estimate of drug-likeness (QED) is 0.209. The predicted octanol–water partition coefficient (Wildman–Crippen LogP) is 6.04. The predicted molar refractivity (Wildman–Crippen MR) is 154 cm³/mol. The Morgan fingerprint density at radius 3 is 2.61 bits per heavy atom. The number of rotatable bonds is 9. The van der Waals surface area contributed by atoms with Crippen LogP contribution in [0.1, 0.15) is 19.7 Å². The fourth-order valence-corrected chi connectivity index (χ4v) is 5.18. The number of carbonyl (C=O) groups is 1. The van der Waals surface area contributed by atoms with Crippen molar-refractivity contribution in [3.63, 3.8) is 0 Å². The SMILES string of the molecule is COc1cnc2c(-c3nc4cc(F)c(O[C@@H](C)[C@@H](C)OC(=O)Nc5cnc(CCO)nc5)cc4s3)cc(Cl)cc2c1. The van der Waals surface area contributed by atoms with Gasteiger partial charge in [0.25, 0.3) is 0 Å². The maximum absolute atomic E-state index is 15.0. The fourth-order valence-electron chi connectivity index (χ4n) is 3.96. The summed E-state index contributed by atoms with van der Waals surface area (Å²) >= 11 is 7.73. The van der Waals surface area contributed by atoms with E-state index in [1.807, 2.05) is 6.07 Å². The van der Waals surface area contributed by atoms with Gasteiger partial charge in [-0.1, -0.05) is 11.6 Å². The van der Waals surface area contributed by atoms with Crippen LogP contribution in [0.3, 0.4) is 0 Å². The summed E-state index contributed by atoms with van der Waals surface area (Å²) in [5.41, 5.74) is 2.20. The lowest BCUT2D eigenvalue weighted by molar-refractivity contribution is 0.0402. The average molecular weight is 598 g/mol. The molecule has 3 aromatic heterocycles. The molecule has 5 rings (SSSR count). The van der Waals surface area contributed by atoms with Crippen molar-refractivity contribution in [2.45, 2.75) is 32.5 Å². The molecule has 5 aromatic rings. The molecule has 2 N–H and O–H groups in total. The summed E-state index contributed by atoms with van der Waals surface area (Å²) in [6.07, 6.45) is 2.61. The average Bonchev–Trinajstić information content (AvgIpc) is 3.35. The normalized spacial score (nSPS) is 12.7. The third-order valence-electron chi connectivity index (χ3n) is 6.19. The number of hydrogen-bond donors (Lipinski definition) is 2. The first kappa shape index (κ1) is 28.4. The number of thiazole rings is 1. The van der Waals surface area contributed by atoms with Crippen LogP contribution in [0, 0.1) is 5.82 Å². The Labute approximate surface area is 243 Å². The number of fused-ring (bicyclic) bond motifs is 2. The van der Waals surface area contributed by atoms with E-state index in [0.717, 1.165) is 5.39 Å². The molecule has 2 aromatic carbocycles. The number of amides is 1. The van der Waals surface area contributed by atoms with Gasteiger partial charge >= 0.3 is 6.09 Å². The van der Waals surface area contributed by atoms with Gasteiger partial charge in [-0.3, -0.25) is 10.3 Å². The third-order valence-corrected chi connectivity index (χ3v) is 7.45. The van der Waals surface area contributed by atoms with Gasteiger partial charge in [-0.15, -0.1) is 11.3 Å². The number of halogens is 2. The zero-order chi connectivity index (χ0) is 29.1. The van der Waals surface area contributed by atoms with Crippen molar-refractivity contribution in [2.75, 3.05) is 19.0 Å². The number of hydrogen-bond acceptors (Lipinski definition) is 10. The lowest BCUT2D eigenvalue weighted by Crippen LogP contribution is -2.32.